The second-order valence-electron chi connectivity index (χ2n) is 33.0. The van der Waals surface area contributed by atoms with Crippen LogP contribution in [-0.4, -0.2) is 274 Å². The van der Waals surface area contributed by atoms with Gasteiger partial charge in [0.05, 0.1) is 79.6 Å². The number of phenols is 2. The molecule has 6 fully saturated rings. The lowest BCUT2D eigenvalue weighted by atomic mass is 10.0. The van der Waals surface area contributed by atoms with E-state index in [1.807, 2.05) is 33.0 Å². The number of fused-ring (bicyclic) bond motifs is 5. The maximum Gasteiger partial charge on any atom is 0.318 e. The Morgan fingerprint density at radius 3 is 1.27 bits per heavy atom. The molecule has 0 unspecified atom stereocenters. The fraction of sp³-hybridized carbons (Fsp3) is 0.516. The fourth-order valence-corrected chi connectivity index (χ4v) is 18.4. The Morgan fingerprint density at radius 1 is 0.433 bits per heavy atom. The van der Waals surface area contributed by atoms with Gasteiger partial charge in [-0.15, -0.1) is 0 Å². The highest BCUT2D eigenvalue weighted by atomic mass is 19.1. The monoisotopic (exact) mass is 1640 g/mol. The number of carbonyl (C=O) groups is 3. The number of aromatic hydroxyl groups is 2. The molecule has 0 radical (unpaired) electrons. The zero-order valence-corrected chi connectivity index (χ0v) is 70.2. The Morgan fingerprint density at radius 2 is 0.842 bits per heavy atom. The zero-order chi connectivity index (χ0) is 83.0. The molecule has 3 amide bonds. The molecule has 0 bridgehead atoms. The van der Waals surface area contributed by atoms with Gasteiger partial charge in [-0.05, 0) is 184 Å². The first kappa shape index (κ1) is 84.1. The summed E-state index contributed by atoms with van der Waals surface area (Å²) < 4.78 is 33.1. The number of piperidine rings is 3. The van der Waals surface area contributed by atoms with Gasteiger partial charge in [-0.25, -0.2) is 4.39 Å². The Bertz CT molecular complexity index is 4900. The number of nitrogens with one attached hydrogen (secondary N) is 1. The van der Waals surface area contributed by atoms with Crippen LogP contribution in [0.2, 0.25) is 0 Å². The molecule has 0 spiro atoms. The van der Waals surface area contributed by atoms with Gasteiger partial charge in [-0.3, -0.25) is 19.5 Å². The summed E-state index contributed by atoms with van der Waals surface area (Å²) in [5.41, 5.74) is 12.2. The van der Waals surface area contributed by atoms with Crippen molar-refractivity contribution in [2.75, 3.05) is 206 Å². The van der Waals surface area contributed by atoms with Gasteiger partial charge in [0.2, 0.25) is 17.7 Å². The van der Waals surface area contributed by atoms with Crippen molar-refractivity contribution in [2.45, 2.75) is 130 Å². The lowest BCUT2D eigenvalue weighted by molar-refractivity contribution is -0.127. The van der Waals surface area contributed by atoms with Gasteiger partial charge in [-0.2, -0.15) is 35.0 Å². The number of amides is 3. The number of benzene rings is 4. The van der Waals surface area contributed by atoms with E-state index in [1.54, 1.807) is 4.90 Å². The van der Waals surface area contributed by atoms with Crippen LogP contribution in [0.1, 0.15) is 122 Å². The third kappa shape index (κ3) is 20.6. The van der Waals surface area contributed by atoms with Crippen molar-refractivity contribution in [3.05, 3.63) is 156 Å². The van der Waals surface area contributed by atoms with E-state index in [9.17, 15) is 29.0 Å². The number of anilines is 6. The third-order valence-corrected chi connectivity index (χ3v) is 25.0. The number of ether oxygens (including phenoxy) is 3. The first-order valence-electron chi connectivity index (χ1n) is 43.7. The minimum Gasteiger partial charge on any atom is -0.508 e. The smallest absolute Gasteiger partial charge is 0.318 e. The van der Waals surface area contributed by atoms with Crippen molar-refractivity contribution < 1.29 is 43.2 Å². The number of H-pyrrole nitrogens is 1. The van der Waals surface area contributed by atoms with Crippen molar-refractivity contribution in [1.82, 2.24) is 69.5 Å². The molecule has 0 saturated carbocycles. The Labute approximate surface area is 704 Å². The molecule has 0 atom stereocenters. The first-order chi connectivity index (χ1) is 58.6. The van der Waals surface area contributed by atoms with Crippen LogP contribution in [0.25, 0.3) is 21.7 Å². The predicted molar refractivity (Wildman–Crippen MR) is 468 cm³/mol. The Balaban J connectivity index is 0.000000140. The molecule has 0 aliphatic carbocycles. The molecule has 4 aromatic heterocycles. The van der Waals surface area contributed by atoms with Crippen LogP contribution in [0.15, 0.2) is 105 Å². The molecule has 8 aromatic rings. The van der Waals surface area contributed by atoms with E-state index in [0.29, 0.717) is 142 Å². The molecule has 120 heavy (non-hydrogen) atoms. The zero-order valence-electron chi connectivity index (χ0n) is 70.2. The van der Waals surface area contributed by atoms with Crippen molar-refractivity contribution in [3.63, 3.8) is 0 Å². The van der Waals surface area contributed by atoms with Crippen LogP contribution >= 0.6 is 0 Å². The molecule has 29 heteroatoms. The van der Waals surface area contributed by atoms with Gasteiger partial charge in [0.1, 0.15) is 34.8 Å². The van der Waals surface area contributed by atoms with Gasteiger partial charge in [0.25, 0.3) is 0 Å². The summed E-state index contributed by atoms with van der Waals surface area (Å²) in [6, 6.07) is 19.6. The number of hydrogen-bond acceptors (Lipinski definition) is 24. The minimum atomic E-state index is -0.377. The highest BCUT2D eigenvalue weighted by Gasteiger charge is 2.35. The number of nitrogens with zero attached hydrogens (tertiary/aromatic N) is 19. The average Bonchev–Trinajstić information content (AvgIpc) is 1.69. The number of piperazine rings is 3. The summed E-state index contributed by atoms with van der Waals surface area (Å²) in [7, 11) is 0. The number of aromatic amines is 1. The van der Waals surface area contributed by atoms with E-state index >= 15 is 0 Å². The number of aryl methyl sites for hydroxylation is 2. The molecule has 4 aromatic carbocycles. The molecular formula is C91H119FN20O8. The fourth-order valence-electron chi connectivity index (χ4n) is 18.4. The third-order valence-electron chi connectivity index (χ3n) is 25.0. The van der Waals surface area contributed by atoms with Crippen LogP contribution in [0.5, 0.6) is 29.5 Å². The van der Waals surface area contributed by atoms with Gasteiger partial charge in [0.15, 0.2) is 0 Å². The lowest BCUT2D eigenvalue weighted by Crippen LogP contribution is -2.49. The van der Waals surface area contributed by atoms with E-state index in [2.05, 4.69) is 113 Å². The van der Waals surface area contributed by atoms with E-state index in [0.717, 1.165) is 170 Å². The number of phenolic OH excluding ortho intramolecular Hbond substituents is 2. The molecule has 13 heterocycles. The number of halogens is 1. The summed E-state index contributed by atoms with van der Waals surface area (Å²) in [6.45, 7) is 38.9. The summed E-state index contributed by atoms with van der Waals surface area (Å²) in [4.78, 5) is 92.2. The first-order valence-corrected chi connectivity index (χ1v) is 43.7. The van der Waals surface area contributed by atoms with Crippen molar-refractivity contribution in [3.8, 4) is 29.5 Å². The quantitative estimate of drug-likeness (QED) is 0.0375. The maximum atomic E-state index is 14.6. The molecule has 9 aliphatic heterocycles. The summed E-state index contributed by atoms with van der Waals surface area (Å²) in [5.74, 6) is 2.54. The van der Waals surface area contributed by atoms with Gasteiger partial charge in [-0.1, -0.05) is 68.8 Å². The van der Waals surface area contributed by atoms with E-state index in [-0.39, 0.29) is 35.0 Å². The SMILES string of the molecule is C=CC(=O)N1CCN(c2nc(OCCCN3CCCCC3)nc3c2CCN(c2c(C)ccc4[nH]ncc24)C3)CC1.C=CC(=O)N1CCN(c2nc(OCCCN3CCCCC3)nc3c2CCN(c2cc(O)cc4cc(C)ccc24)C3)CC1.C=CC(=O)N1CCN(c2nc(OCCCN3CCCCC3)nc3c2CCN(c2cc(O)ccc2F)C3)CC1. The minimum absolute atomic E-state index is 0.0125. The number of rotatable bonds is 24. The molecule has 28 nitrogen and oxygen atoms in total. The molecule has 17 rings (SSSR count). The summed E-state index contributed by atoms with van der Waals surface area (Å²) in [6.07, 6.45) is 22.8. The average molecular weight is 1640 g/mol. The standard InChI is InChI=1S/C33H42N6O3.C30H40N8O2.C28H37FN6O3/c1-3-31(41)37-15-17-38(18-16-37)32-28-10-14-39(30-22-26(40)21-25-20-24(2)8-9-27(25)30)23-29(28)34-33(35-32)42-19-7-13-36-11-5-4-6-12-36;1-3-27(39)36-15-17-37(18-16-36)29-23-10-14-38(28-22(2)8-9-25-24(28)20-31-34-25)21-26(23)32-30(33-29)40-19-7-13-35-11-5-4-6-12-35;1-2-26(37)33-14-16-34(17-15-33)27-22-9-13-35(25-19-21(36)7-8-23(25)29)20-24(22)30-28(31-27)38-18-6-12-32-10-4-3-5-11-32/h3,8-9,20-22,40H,1,4-7,10-19,23H2,2H3;3,8-9,20H,1,4-7,10-19,21H2,2H3,(H,31,34);2,7-8,19,36H,1,3-6,9-18,20H2. The Kier molecular flexibility index (Phi) is 28.0. The molecular weight excluding hydrogens is 1520 g/mol. The second kappa shape index (κ2) is 40.0. The largest absolute Gasteiger partial charge is 0.508 e. The summed E-state index contributed by atoms with van der Waals surface area (Å²) in [5, 5.41) is 31.2. The van der Waals surface area contributed by atoms with E-state index in [1.165, 1.54) is 137 Å². The Hall–Kier alpha value is -10.9. The highest BCUT2D eigenvalue weighted by molar-refractivity contribution is 5.97. The second-order valence-corrected chi connectivity index (χ2v) is 33.0. The van der Waals surface area contributed by atoms with Crippen molar-refractivity contribution >= 4 is 73.9 Å². The van der Waals surface area contributed by atoms with Crippen molar-refractivity contribution in [1.29, 1.82) is 0 Å². The number of aromatic nitrogens is 8. The van der Waals surface area contributed by atoms with Crippen LogP contribution < -0.4 is 43.6 Å². The van der Waals surface area contributed by atoms with Crippen LogP contribution in [0, 0.1) is 19.7 Å². The van der Waals surface area contributed by atoms with Gasteiger partial charge in [0, 0.05) is 163 Å². The molecule has 638 valence electrons. The summed E-state index contributed by atoms with van der Waals surface area (Å²) >= 11 is 0. The molecule has 9 aliphatic rings. The number of hydrogen-bond donors (Lipinski definition) is 3. The normalized spacial score (nSPS) is 18.1. The van der Waals surface area contributed by atoms with Crippen LogP contribution in [0.4, 0.5) is 38.9 Å². The maximum absolute atomic E-state index is 14.6. The van der Waals surface area contributed by atoms with Crippen LogP contribution in [-0.2, 0) is 53.3 Å². The van der Waals surface area contributed by atoms with Crippen LogP contribution in [0.3, 0.4) is 0 Å². The number of carbonyl (C=O) groups excluding carboxylic acids is 3. The van der Waals surface area contributed by atoms with E-state index < -0.39 is 0 Å². The van der Waals surface area contributed by atoms with Gasteiger partial charge >= 0.3 is 18.0 Å². The number of likely N-dealkylation sites (tertiary alicyclic amines) is 3. The van der Waals surface area contributed by atoms with Crippen molar-refractivity contribution in [2.24, 2.45) is 0 Å². The van der Waals surface area contributed by atoms with Gasteiger partial charge < -0.3 is 83.2 Å². The lowest BCUT2D eigenvalue weighted by Gasteiger charge is -2.38. The molecule has 6 saturated heterocycles. The highest BCUT2D eigenvalue weighted by Crippen LogP contribution is 2.41. The topological polar surface area (TPSA) is 264 Å². The van der Waals surface area contributed by atoms with E-state index in [4.69, 9.17) is 44.1 Å². The predicted octanol–water partition coefficient (Wildman–Crippen LogP) is 10.6. The molecule has 3 N–H and O–H groups in total.